The van der Waals surface area contributed by atoms with Crippen LogP contribution in [0.5, 0.6) is 0 Å². The number of nitrogens with one attached hydrogen (secondary N) is 1. The van der Waals surface area contributed by atoms with Crippen LogP contribution in [0.1, 0.15) is 24.5 Å². The standard InChI is InChI=1S/C15H19F4N3O.HI/c1-2-20-14(22-6-5-12(23)9-22)21-8-10-3-4-11(16)7-13(10)15(17,18)19;/h3-4,7,12,23H,2,5-6,8-9H2,1H3,(H,20,21);1H/t12-;/m1./s1. The van der Waals surface area contributed by atoms with E-state index in [1.807, 2.05) is 6.92 Å². The van der Waals surface area contributed by atoms with E-state index >= 15 is 0 Å². The lowest BCUT2D eigenvalue weighted by Gasteiger charge is -2.21. The smallest absolute Gasteiger partial charge is 0.391 e. The summed E-state index contributed by atoms with van der Waals surface area (Å²) in [4.78, 5) is 6.00. The van der Waals surface area contributed by atoms with Crippen molar-refractivity contribution < 1.29 is 22.7 Å². The summed E-state index contributed by atoms with van der Waals surface area (Å²) < 4.78 is 52.0. The molecule has 1 aliphatic heterocycles. The minimum atomic E-state index is -4.63. The second kappa shape index (κ2) is 8.84. The maximum Gasteiger partial charge on any atom is 0.416 e. The summed E-state index contributed by atoms with van der Waals surface area (Å²) in [5, 5.41) is 12.6. The van der Waals surface area contributed by atoms with Gasteiger partial charge in [0.15, 0.2) is 5.96 Å². The highest BCUT2D eigenvalue weighted by Gasteiger charge is 2.33. The van der Waals surface area contributed by atoms with E-state index in [1.165, 1.54) is 0 Å². The number of guanidine groups is 1. The van der Waals surface area contributed by atoms with Gasteiger partial charge < -0.3 is 15.3 Å². The highest BCUT2D eigenvalue weighted by atomic mass is 127. The first-order chi connectivity index (χ1) is 10.8. The van der Waals surface area contributed by atoms with Gasteiger partial charge in [-0.15, -0.1) is 24.0 Å². The van der Waals surface area contributed by atoms with Crippen LogP contribution in [-0.4, -0.2) is 41.7 Å². The van der Waals surface area contributed by atoms with Crippen LogP contribution in [0.25, 0.3) is 0 Å². The Morgan fingerprint density at radius 1 is 1.42 bits per heavy atom. The fraction of sp³-hybridized carbons (Fsp3) is 0.533. The number of rotatable bonds is 3. The van der Waals surface area contributed by atoms with Crippen molar-refractivity contribution in [3.8, 4) is 0 Å². The maximum atomic E-state index is 13.1. The molecule has 0 bridgehead atoms. The number of halogens is 5. The van der Waals surface area contributed by atoms with Crippen molar-refractivity contribution in [3.63, 3.8) is 0 Å². The van der Waals surface area contributed by atoms with Crippen molar-refractivity contribution in [2.45, 2.75) is 32.2 Å². The predicted octanol–water partition coefficient (Wildman–Crippen LogP) is 2.99. The lowest BCUT2D eigenvalue weighted by atomic mass is 10.1. The van der Waals surface area contributed by atoms with E-state index in [0.717, 1.165) is 12.1 Å². The maximum absolute atomic E-state index is 13.1. The van der Waals surface area contributed by atoms with Crippen molar-refractivity contribution in [1.29, 1.82) is 0 Å². The van der Waals surface area contributed by atoms with Crippen LogP contribution in [0.4, 0.5) is 17.6 Å². The van der Waals surface area contributed by atoms with Crippen LogP contribution in [0.3, 0.4) is 0 Å². The first-order valence-corrected chi connectivity index (χ1v) is 7.38. The highest BCUT2D eigenvalue weighted by molar-refractivity contribution is 14.0. The zero-order chi connectivity index (χ0) is 17.0. The molecule has 136 valence electrons. The molecule has 9 heteroatoms. The molecule has 1 atom stereocenters. The highest BCUT2D eigenvalue weighted by Crippen LogP contribution is 2.32. The molecule has 2 rings (SSSR count). The van der Waals surface area contributed by atoms with Gasteiger partial charge >= 0.3 is 6.18 Å². The van der Waals surface area contributed by atoms with E-state index in [4.69, 9.17) is 0 Å². The van der Waals surface area contributed by atoms with Gasteiger partial charge in [0.2, 0.25) is 0 Å². The summed E-state index contributed by atoms with van der Waals surface area (Å²) in [6.07, 6.45) is -4.50. The second-order valence-corrected chi connectivity index (χ2v) is 5.36. The Bertz CT molecular complexity index is 580. The fourth-order valence-corrected chi connectivity index (χ4v) is 2.47. The lowest BCUT2D eigenvalue weighted by Crippen LogP contribution is -2.40. The second-order valence-electron chi connectivity index (χ2n) is 5.36. The van der Waals surface area contributed by atoms with Crippen LogP contribution in [0.2, 0.25) is 0 Å². The number of nitrogens with zero attached hydrogens (tertiary/aromatic N) is 2. The van der Waals surface area contributed by atoms with Crippen molar-refractivity contribution >= 4 is 29.9 Å². The Kier molecular flexibility index (Phi) is 7.71. The lowest BCUT2D eigenvalue weighted by molar-refractivity contribution is -0.138. The molecule has 0 aromatic heterocycles. The molecule has 0 spiro atoms. The largest absolute Gasteiger partial charge is 0.416 e. The van der Waals surface area contributed by atoms with Crippen LogP contribution < -0.4 is 5.32 Å². The van der Waals surface area contributed by atoms with Crippen LogP contribution in [0, 0.1) is 5.82 Å². The molecule has 0 amide bonds. The first-order valence-electron chi connectivity index (χ1n) is 7.38. The van der Waals surface area contributed by atoms with Gasteiger partial charge in [-0.2, -0.15) is 13.2 Å². The van der Waals surface area contributed by atoms with E-state index in [2.05, 4.69) is 10.3 Å². The van der Waals surface area contributed by atoms with E-state index in [9.17, 15) is 22.7 Å². The summed E-state index contributed by atoms with van der Waals surface area (Å²) >= 11 is 0. The number of aliphatic imine (C=N–C) groups is 1. The minimum absolute atomic E-state index is 0. The fourth-order valence-electron chi connectivity index (χ4n) is 2.47. The summed E-state index contributed by atoms with van der Waals surface area (Å²) in [5.41, 5.74) is -1.10. The Morgan fingerprint density at radius 2 is 2.12 bits per heavy atom. The Morgan fingerprint density at radius 3 is 2.67 bits per heavy atom. The molecule has 1 aliphatic rings. The number of hydrogen-bond acceptors (Lipinski definition) is 2. The molecule has 1 saturated heterocycles. The van der Waals surface area contributed by atoms with Crippen LogP contribution >= 0.6 is 24.0 Å². The van der Waals surface area contributed by atoms with Gasteiger partial charge in [-0.25, -0.2) is 9.38 Å². The number of alkyl halides is 3. The quantitative estimate of drug-likeness (QED) is 0.315. The Balaban J connectivity index is 0.00000288. The number of aliphatic hydroxyl groups excluding tert-OH is 1. The number of β-amino-alcohol motifs (C(OH)–C–C–N with tert-alkyl or cyclic N) is 1. The van der Waals surface area contributed by atoms with Gasteiger partial charge in [0.05, 0.1) is 18.2 Å². The van der Waals surface area contributed by atoms with Crippen LogP contribution in [0.15, 0.2) is 23.2 Å². The average Bonchev–Trinajstić information content (AvgIpc) is 2.90. The molecule has 0 saturated carbocycles. The molecular formula is C15H20F4IN3O. The van der Waals surface area contributed by atoms with Crippen LogP contribution in [-0.2, 0) is 12.7 Å². The zero-order valence-corrected chi connectivity index (χ0v) is 15.4. The molecule has 4 nitrogen and oxygen atoms in total. The molecule has 24 heavy (non-hydrogen) atoms. The van der Waals surface area contributed by atoms with E-state index < -0.39 is 23.7 Å². The summed E-state index contributed by atoms with van der Waals surface area (Å²) in [5.74, 6) is -0.485. The first kappa shape index (κ1) is 20.9. The van der Waals surface area contributed by atoms with Gasteiger partial charge in [-0.3, -0.25) is 0 Å². The Hall–Kier alpha value is -1.10. The number of aliphatic hydroxyl groups is 1. The SMILES string of the molecule is CCNC(=NCc1ccc(F)cc1C(F)(F)F)N1CC[C@@H](O)C1.I. The molecule has 2 N–H and O–H groups in total. The van der Waals surface area contributed by atoms with Crippen molar-refractivity contribution in [1.82, 2.24) is 10.2 Å². The molecule has 1 aromatic rings. The molecular weight excluding hydrogens is 441 g/mol. The van der Waals surface area contributed by atoms with E-state index in [0.29, 0.717) is 38.1 Å². The molecule has 1 fully saturated rings. The summed E-state index contributed by atoms with van der Waals surface area (Å²) in [6.45, 7) is 3.16. The minimum Gasteiger partial charge on any atom is -0.391 e. The van der Waals surface area contributed by atoms with Crippen molar-refractivity contribution in [2.24, 2.45) is 4.99 Å². The Labute approximate surface area is 155 Å². The summed E-state index contributed by atoms with van der Waals surface area (Å²) in [7, 11) is 0. The molecule has 0 unspecified atom stereocenters. The average molecular weight is 461 g/mol. The third-order valence-electron chi connectivity index (χ3n) is 3.57. The normalized spacial score (nSPS) is 18.5. The van der Waals surface area contributed by atoms with Gasteiger partial charge in [0, 0.05) is 19.6 Å². The third-order valence-corrected chi connectivity index (χ3v) is 3.57. The predicted molar refractivity (Wildman–Crippen MR) is 93.8 cm³/mol. The van der Waals surface area contributed by atoms with Crippen molar-refractivity contribution in [3.05, 3.63) is 35.1 Å². The van der Waals surface area contributed by atoms with Gasteiger partial charge in [0.25, 0.3) is 0 Å². The number of likely N-dealkylation sites (tertiary alicyclic amines) is 1. The van der Waals surface area contributed by atoms with E-state index in [1.54, 1.807) is 4.90 Å². The van der Waals surface area contributed by atoms with Crippen molar-refractivity contribution in [2.75, 3.05) is 19.6 Å². The zero-order valence-electron chi connectivity index (χ0n) is 13.1. The molecule has 0 radical (unpaired) electrons. The third kappa shape index (κ3) is 5.47. The number of benzene rings is 1. The monoisotopic (exact) mass is 461 g/mol. The van der Waals surface area contributed by atoms with Gasteiger partial charge in [-0.05, 0) is 31.0 Å². The molecule has 0 aliphatic carbocycles. The van der Waals surface area contributed by atoms with Gasteiger partial charge in [-0.1, -0.05) is 6.07 Å². The van der Waals surface area contributed by atoms with Gasteiger partial charge in [0.1, 0.15) is 5.82 Å². The van der Waals surface area contributed by atoms with E-state index in [-0.39, 0.29) is 36.1 Å². The molecule has 1 aromatic carbocycles. The summed E-state index contributed by atoms with van der Waals surface area (Å²) in [6, 6.07) is 2.58. The number of hydrogen-bond donors (Lipinski definition) is 2. The molecule has 1 heterocycles. The topological polar surface area (TPSA) is 47.9 Å².